The standard InChI is InChI=1S/C21H22N4O4/c1-14(26)22-16-8-5-9-17(12-16)23-19(27)13-25-20(28)18(24-21(25)29)11-10-15-6-3-2-4-7-15/h2-9,12,18H,10-11,13H2,1H3,(H,22,26)(H,23,27)(H,24,29)/t18-/m1/s1. The van der Waals surface area contributed by atoms with E-state index >= 15 is 0 Å². The Balaban J connectivity index is 1.55. The van der Waals surface area contributed by atoms with Gasteiger partial charge in [0.25, 0.3) is 5.91 Å². The molecule has 2 aromatic carbocycles. The summed E-state index contributed by atoms with van der Waals surface area (Å²) in [7, 11) is 0. The molecular weight excluding hydrogens is 372 g/mol. The molecule has 1 saturated heterocycles. The van der Waals surface area contributed by atoms with Crippen LogP contribution in [0.1, 0.15) is 18.9 Å². The predicted octanol–water partition coefficient (Wildman–Crippen LogP) is 2.14. The second-order valence-electron chi connectivity index (χ2n) is 6.76. The second-order valence-corrected chi connectivity index (χ2v) is 6.76. The molecule has 29 heavy (non-hydrogen) atoms. The third-order valence-corrected chi connectivity index (χ3v) is 4.44. The molecule has 3 rings (SSSR count). The van der Waals surface area contributed by atoms with Crippen LogP contribution in [0.15, 0.2) is 54.6 Å². The van der Waals surface area contributed by atoms with Gasteiger partial charge in [0.05, 0.1) is 0 Å². The van der Waals surface area contributed by atoms with Crippen molar-refractivity contribution in [2.45, 2.75) is 25.8 Å². The fourth-order valence-electron chi connectivity index (χ4n) is 3.10. The Kier molecular flexibility index (Phi) is 6.23. The van der Waals surface area contributed by atoms with Crippen molar-refractivity contribution < 1.29 is 19.2 Å². The minimum absolute atomic E-state index is 0.227. The zero-order valence-electron chi connectivity index (χ0n) is 16.0. The molecule has 8 nitrogen and oxygen atoms in total. The average Bonchev–Trinajstić information content (AvgIpc) is 2.94. The molecule has 0 radical (unpaired) electrons. The molecule has 5 amide bonds. The number of carbonyl (C=O) groups excluding carboxylic acids is 4. The maximum absolute atomic E-state index is 12.5. The summed E-state index contributed by atoms with van der Waals surface area (Å²) in [6.07, 6.45) is 1.11. The number of imide groups is 1. The molecule has 0 saturated carbocycles. The Hall–Kier alpha value is -3.68. The van der Waals surface area contributed by atoms with Gasteiger partial charge in [-0.15, -0.1) is 0 Å². The van der Waals surface area contributed by atoms with Crippen LogP contribution in [-0.2, 0) is 20.8 Å². The summed E-state index contributed by atoms with van der Waals surface area (Å²) in [5.74, 6) is -1.14. The van der Waals surface area contributed by atoms with Crippen LogP contribution in [0.4, 0.5) is 16.2 Å². The van der Waals surface area contributed by atoms with Gasteiger partial charge in [0, 0.05) is 18.3 Å². The number of aryl methyl sites for hydroxylation is 1. The SMILES string of the molecule is CC(=O)Nc1cccc(NC(=O)CN2C(=O)N[C@H](CCc3ccccc3)C2=O)c1. The van der Waals surface area contributed by atoms with E-state index < -0.39 is 23.9 Å². The zero-order chi connectivity index (χ0) is 20.8. The van der Waals surface area contributed by atoms with Crippen LogP contribution in [0.2, 0.25) is 0 Å². The second kappa shape index (κ2) is 9.01. The van der Waals surface area contributed by atoms with Crippen molar-refractivity contribution in [1.82, 2.24) is 10.2 Å². The summed E-state index contributed by atoms with van der Waals surface area (Å²) in [6.45, 7) is 1.01. The summed E-state index contributed by atoms with van der Waals surface area (Å²) in [5.41, 5.74) is 2.06. The summed E-state index contributed by atoms with van der Waals surface area (Å²) in [6, 6.07) is 15.1. The number of hydrogen-bond donors (Lipinski definition) is 3. The molecule has 1 aliphatic heterocycles. The molecule has 2 aromatic rings. The van der Waals surface area contributed by atoms with Gasteiger partial charge < -0.3 is 16.0 Å². The van der Waals surface area contributed by atoms with Crippen LogP contribution >= 0.6 is 0 Å². The van der Waals surface area contributed by atoms with Gasteiger partial charge in [0.15, 0.2) is 0 Å². The lowest BCUT2D eigenvalue weighted by atomic mass is 10.1. The number of amides is 5. The molecule has 3 N–H and O–H groups in total. The molecule has 0 bridgehead atoms. The highest BCUT2D eigenvalue weighted by Crippen LogP contribution is 2.16. The van der Waals surface area contributed by atoms with Gasteiger partial charge in [-0.3, -0.25) is 19.3 Å². The minimum atomic E-state index is -0.640. The van der Waals surface area contributed by atoms with E-state index in [1.807, 2.05) is 30.3 Å². The van der Waals surface area contributed by atoms with Crippen molar-refractivity contribution in [2.75, 3.05) is 17.2 Å². The van der Waals surface area contributed by atoms with Gasteiger partial charge in [-0.05, 0) is 36.6 Å². The van der Waals surface area contributed by atoms with Crippen molar-refractivity contribution in [2.24, 2.45) is 0 Å². The van der Waals surface area contributed by atoms with E-state index in [1.54, 1.807) is 24.3 Å². The molecular formula is C21H22N4O4. The van der Waals surface area contributed by atoms with E-state index in [4.69, 9.17) is 0 Å². The van der Waals surface area contributed by atoms with Gasteiger partial charge in [0.2, 0.25) is 11.8 Å². The van der Waals surface area contributed by atoms with Crippen molar-refractivity contribution in [3.8, 4) is 0 Å². The number of anilines is 2. The van der Waals surface area contributed by atoms with Crippen LogP contribution in [0.5, 0.6) is 0 Å². The summed E-state index contributed by atoms with van der Waals surface area (Å²) >= 11 is 0. The summed E-state index contributed by atoms with van der Waals surface area (Å²) in [5, 5.41) is 7.89. The third kappa shape index (κ3) is 5.41. The Morgan fingerprint density at radius 3 is 2.38 bits per heavy atom. The number of nitrogens with one attached hydrogen (secondary N) is 3. The predicted molar refractivity (Wildman–Crippen MR) is 108 cm³/mol. The highest BCUT2D eigenvalue weighted by atomic mass is 16.2. The maximum atomic E-state index is 12.5. The fraction of sp³-hybridized carbons (Fsp3) is 0.238. The monoisotopic (exact) mass is 394 g/mol. The van der Waals surface area contributed by atoms with E-state index in [0.717, 1.165) is 10.5 Å². The molecule has 0 aromatic heterocycles. The first-order valence-electron chi connectivity index (χ1n) is 9.25. The van der Waals surface area contributed by atoms with Gasteiger partial charge in [0.1, 0.15) is 12.6 Å². The number of urea groups is 1. The van der Waals surface area contributed by atoms with Crippen LogP contribution in [0, 0.1) is 0 Å². The van der Waals surface area contributed by atoms with Gasteiger partial charge in [-0.25, -0.2) is 4.79 Å². The largest absolute Gasteiger partial charge is 0.326 e. The van der Waals surface area contributed by atoms with Crippen molar-refractivity contribution >= 4 is 35.1 Å². The molecule has 0 spiro atoms. The maximum Gasteiger partial charge on any atom is 0.325 e. The number of carbonyl (C=O) groups is 4. The third-order valence-electron chi connectivity index (χ3n) is 4.44. The van der Waals surface area contributed by atoms with E-state index in [0.29, 0.717) is 24.2 Å². The van der Waals surface area contributed by atoms with E-state index in [1.165, 1.54) is 6.92 Å². The van der Waals surface area contributed by atoms with Crippen LogP contribution < -0.4 is 16.0 Å². The van der Waals surface area contributed by atoms with E-state index in [-0.39, 0.29) is 12.5 Å². The van der Waals surface area contributed by atoms with Crippen molar-refractivity contribution in [3.05, 3.63) is 60.2 Å². The first-order chi connectivity index (χ1) is 13.9. The first-order valence-corrected chi connectivity index (χ1v) is 9.25. The smallest absolute Gasteiger partial charge is 0.325 e. The molecule has 150 valence electrons. The molecule has 8 heteroatoms. The molecule has 1 aliphatic rings. The summed E-state index contributed by atoms with van der Waals surface area (Å²) in [4.78, 5) is 49.0. The zero-order valence-corrected chi connectivity index (χ0v) is 16.0. The number of nitrogens with zero attached hydrogens (tertiary/aromatic N) is 1. The first kappa shape index (κ1) is 20.1. The van der Waals surface area contributed by atoms with Crippen molar-refractivity contribution in [3.63, 3.8) is 0 Å². The number of hydrogen-bond acceptors (Lipinski definition) is 4. The lowest BCUT2D eigenvalue weighted by molar-refractivity contribution is -0.130. The van der Waals surface area contributed by atoms with Gasteiger partial charge in [-0.1, -0.05) is 36.4 Å². The Morgan fingerprint density at radius 2 is 1.69 bits per heavy atom. The molecule has 1 fully saturated rings. The molecule has 0 aliphatic carbocycles. The molecule has 1 atom stereocenters. The quantitative estimate of drug-likeness (QED) is 0.625. The van der Waals surface area contributed by atoms with E-state index in [9.17, 15) is 19.2 Å². The van der Waals surface area contributed by atoms with Crippen LogP contribution in [0.3, 0.4) is 0 Å². The normalized spacial score (nSPS) is 15.8. The van der Waals surface area contributed by atoms with Gasteiger partial charge >= 0.3 is 6.03 Å². The van der Waals surface area contributed by atoms with Crippen LogP contribution in [-0.4, -0.2) is 41.2 Å². The highest BCUT2D eigenvalue weighted by molar-refractivity contribution is 6.08. The Labute approximate surface area is 168 Å². The highest BCUT2D eigenvalue weighted by Gasteiger charge is 2.38. The summed E-state index contributed by atoms with van der Waals surface area (Å²) < 4.78 is 0. The van der Waals surface area contributed by atoms with Gasteiger partial charge in [-0.2, -0.15) is 0 Å². The lowest BCUT2D eigenvalue weighted by Gasteiger charge is -2.13. The average molecular weight is 394 g/mol. The number of rotatable bonds is 7. The molecule has 1 heterocycles. The topological polar surface area (TPSA) is 108 Å². The van der Waals surface area contributed by atoms with Crippen molar-refractivity contribution in [1.29, 1.82) is 0 Å². The van der Waals surface area contributed by atoms with E-state index in [2.05, 4.69) is 16.0 Å². The van der Waals surface area contributed by atoms with Crippen LogP contribution in [0.25, 0.3) is 0 Å². The fourth-order valence-corrected chi connectivity index (χ4v) is 3.10. The Bertz CT molecular complexity index is 929. The molecule has 0 unspecified atom stereocenters. The lowest BCUT2D eigenvalue weighted by Crippen LogP contribution is -2.38. The minimum Gasteiger partial charge on any atom is -0.326 e. The number of benzene rings is 2. The Morgan fingerprint density at radius 1 is 1.00 bits per heavy atom.